The van der Waals surface area contributed by atoms with E-state index in [4.69, 9.17) is 0 Å². The molecule has 0 bridgehead atoms. The Morgan fingerprint density at radius 2 is 1.87 bits per heavy atom. The van der Waals surface area contributed by atoms with Crippen molar-refractivity contribution in [1.29, 1.82) is 0 Å². The SMILES string of the molecule is CC(CN=C=O)C1CCC(N=C=O)CC1. The molecule has 0 heterocycles. The fraction of sp³-hybridized carbons (Fsp3) is 0.818. The van der Waals surface area contributed by atoms with E-state index in [1.54, 1.807) is 12.2 Å². The van der Waals surface area contributed by atoms with Crippen molar-refractivity contribution in [3.8, 4) is 0 Å². The number of rotatable bonds is 4. The van der Waals surface area contributed by atoms with Gasteiger partial charge in [-0.1, -0.05) is 6.92 Å². The van der Waals surface area contributed by atoms with E-state index in [9.17, 15) is 9.59 Å². The number of carbonyl (C=O) groups excluding carboxylic acids is 2. The topological polar surface area (TPSA) is 58.9 Å². The van der Waals surface area contributed by atoms with E-state index in [0.717, 1.165) is 25.7 Å². The van der Waals surface area contributed by atoms with Crippen LogP contribution in [0, 0.1) is 11.8 Å². The van der Waals surface area contributed by atoms with Crippen molar-refractivity contribution in [2.75, 3.05) is 6.54 Å². The van der Waals surface area contributed by atoms with Crippen LogP contribution in [-0.2, 0) is 9.59 Å². The van der Waals surface area contributed by atoms with Gasteiger partial charge in [0.25, 0.3) is 0 Å². The molecule has 1 unspecified atom stereocenters. The van der Waals surface area contributed by atoms with Gasteiger partial charge in [0.2, 0.25) is 12.2 Å². The Morgan fingerprint density at radius 3 is 2.40 bits per heavy atom. The number of hydrogen-bond acceptors (Lipinski definition) is 4. The van der Waals surface area contributed by atoms with Gasteiger partial charge in [-0.15, -0.1) is 0 Å². The number of isocyanates is 2. The van der Waals surface area contributed by atoms with Gasteiger partial charge >= 0.3 is 0 Å². The maximum atomic E-state index is 10.1. The third-order valence-electron chi connectivity index (χ3n) is 3.23. The number of nitrogens with zero attached hydrogens (tertiary/aromatic N) is 2. The first kappa shape index (κ1) is 11.8. The van der Waals surface area contributed by atoms with Gasteiger partial charge in [0.1, 0.15) is 0 Å². The predicted octanol–water partition coefficient (Wildman–Crippen LogP) is 1.85. The van der Waals surface area contributed by atoms with Gasteiger partial charge in [0.15, 0.2) is 0 Å². The van der Waals surface area contributed by atoms with E-state index in [2.05, 4.69) is 16.9 Å². The first-order valence-corrected chi connectivity index (χ1v) is 5.38. The summed E-state index contributed by atoms with van der Waals surface area (Å²) in [5, 5.41) is 0. The van der Waals surface area contributed by atoms with Gasteiger partial charge in [0, 0.05) is 0 Å². The number of hydrogen-bond donors (Lipinski definition) is 0. The number of aliphatic imine (C=N–C) groups is 2. The maximum absolute atomic E-state index is 10.1. The molecule has 1 saturated carbocycles. The Hall–Kier alpha value is -1.24. The first-order chi connectivity index (χ1) is 7.27. The van der Waals surface area contributed by atoms with Gasteiger partial charge in [-0.25, -0.2) is 19.6 Å². The molecular formula is C11H16N2O2. The van der Waals surface area contributed by atoms with Crippen LogP contribution < -0.4 is 0 Å². The lowest BCUT2D eigenvalue weighted by Crippen LogP contribution is -2.23. The van der Waals surface area contributed by atoms with Gasteiger partial charge in [0.05, 0.1) is 12.6 Å². The lowest BCUT2D eigenvalue weighted by Gasteiger charge is -2.29. The minimum atomic E-state index is 0.167. The molecule has 0 aromatic rings. The maximum Gasteiger partial charge on any atom is 0.235 e. The van der Waals surface area contributed by atoms with Crippen LogP contribution in [0.3, 0.4) is 0 Å². The van der Waals surface area contributed by atoms with Gasteiger partial charge < -0.3 is 0 Å². The molecule has 4 heteroatoms. The largest absolute Gasteiger partial charge is 0.235 e. The van der Waals surface area contributed by atoms with Crippen molar-refractivity contribution in [2.24, 2.45) is 21.8 Å². The predicted molar refractivity (Wildman–Crippen MR) is 56.0 cm³/mol. The van der Waals surface area contributed by atoms with Crippen LogP contribution in [0.2, 0.25) is 0 Å². The second kappa shape index (κ2) is 6.28. The average molecular weight is 208 g/mol. The molecule has 0 spiro atoms. The zero-order valence-corrected chi connectivity index (χ0v) is 8.98. The normalized spacial score (nSPS) is 27.3. The van der Waals surface area contributed by atoms with E-state index in [-0.39, 0.29) is 6.04 Å². The molecule has 1 rings (SSSR count). The van der Waals surface area contributed by atoms with E-state index < -0.39 is 0 Å². The van der Waals surface area contributed by atoms with Crippen LogP contribution in [-0.4, -0.2) is 24.7 Å². The highest BCUT2D eigenvalue weighted by Gasteiger charge is 2.24. The summed E-state index contributed by atoms with van der Waals surface area (Å²) < 4.78 is 0. The standard InChI is InChI=1S/C11H16N2O2/c1-9(6-12-7-14)10-2-4-11(5-3-10)13-8-15/h9-11H,2-6H2,1H3. The molecule has 0 N–H and O–H groups in total. The fourth-order valence-electron chi connectivity index (χ4n) is 2.20. The summed E-state index contributed by atoms with van der Waals surface area (Å²) in [4.78, 5) is 27.4. The monoisotopic (exact) mass is 208 g/mol. The van der Waals surface area contributed by atoms with Crippen molar-refractivity contribution in [1.82, 2.24) is 0 Å². The summed E-state index contributed by atoms with van der Waals surface area (Å²) in [7, 11) is 0. The molecule has 0 aliphatic heterocycles. The highest BCUT2D eigenvalue weighted by Crippen LogP contribution is 2.31. The molecule has 1 fully saturated rings. The second-order valence-electron chi connectivity index (χ2n) is 4.20. The molecule has 0 radical (unpaired) electrons. The van der Waals surface area contributed by atoms with Crippen LogP contribution in [0.5, 0.6) is 0 Å². The smallest absolute Gasteiger partial charge is 0.211 e. The Labute approximate surface area is 89.5 Å². The van der Waals surface area contributed by atoms with Crippen molar-refractivity contribution in [3.63, 3.8) is 0 Å². The van der Waals surface area contributed by atoms with E-state index in [1.807, 2.05) is 0 Å². The van der Waals surface area contributed by atoms with Crippen molar-refractivity contribution >= 4 is 12.2 Å². The summed E-state index contributed by atoms with van der Waals surface area (Å²) in [6.07, 6.45) is 7.22. The van der Waals surface area contributed by atoms with Crippen LogP contribution in [0.25, 0.3) is 0 Å². The third-order valence-corrected chi connectivity index (χ3v) is 3.23. The Bertz CT molecular complexity index is 283. The van der Waals surface area contributed by atoms with Crippen LogP contribution >= 0.6 is 0 Å². The highest BCUT2D eigenvalue weighted by molar-refractivity contribution is 5.33. The molecule has 1 aliphatic rings. The van der Waals surface area contributed by atoms with Crippen molar-refractivity contribution < 1.29 is 9.59 Å². The van der Waals surface area contributed by atoms with E-state index in [1.165, 1.54) is 0 Å². The van der Waals surface area contributed by atoms with Crippen LogP contribution in [0.1, 0.15) is 32.6 Å². The summed E-state index contributed by atoms with van der Waals surface area (Å²) in [6.45, 7) is 2.67. The molecule has 0 amide bonds. The second-order valence-corrected chi connectivity index (χ2v) is 4.20. The molecule has 0 aromatic heterocycles. The Morgan fingerprint density at radius 1 is 1.20 bits per heavy atom. The molecule has 1 aliphatic carbocycles. The minimum absolute atomic E-state index is 0.167. The Kier molecular flexibility index (Phi) is 4.96. The average Bonchev–Trinajstić information content (AvgIpc) is 2.27. The quantitative estimate of drug-likeness (QED) is 0.523. The zero-order chi connectivity index (χ0) is 11.1. The van der Waals surface area contributed by atoms with Gasteiger partial charge in [-0.2, -0.15) is 0 Å². The van der Waals surface area contributed by atoms with Crippen LogP contribution in [0.4, 0.5) is 0 Å². The fourth-order valence-corrected chi connectivity index (χ4v) is 2.20. The molecule has 82 valence electrons. The first-order valence-electron chi connectivity index (χ1n) is 5.38. The van der Waals surface area contributed by atoms with E-state index >= 15 is 0 Å². The van der Waals surface area contributed by atoms with Crippen LogP contribution in [0.15, 0.2) is 9.98 Å². The molecule has 0 aromatic carbocycles. The summed E-state index contributed by atoms with van der Waals surface area (Å²) >= 11 is 0. The molecule has 15 heavy (non-hydrogen) atoms. The molecule has 4 nitrogen and oxygen atoms in total. The minimum Gasteiger partial charge on any atom is -0.211 e. The zero-order valence-electron chi connectivity index (χ0n) is 8.98. The summed E-state index contributed by atoms with van der Waals surface area (Å²) in [5.74, 6) is 1.02. The Balaban J connectivity index is 2.35. The lowest BCUT2D eigenvalue weighted by molar-refractivity contribution is 0.251. The van der Waals surface area contributed by atoms with E-state index in [0.29, 0.717) is 18.4 Å². The highest BCUT2D eigenvalue weighted by atomic mass is 16.1. The molecule has 1 atom stereocenters. The van der Waals surface area contributed by atoms with Crippen molar-refractivity contribution in [2.45, 2.75) is 38.6 Å². The van der Waals surface area contributed by atoms with Gasteiger partial charge in [-0.3, -0.25) is 0 Å². The van der Waals surface area contributed by atoms with Gasteiger partial charge in [-0.05, 0) is 37.5 Å². The molecule has 0 saturated heterocycles. The summed E-state index contributed by atoms with van der Waals surface area (Å²) in [5.41, 5.74) is 0. The van der Waals surface area contributed by atoms with Crippen molar-refractivity contribution in [3.05, 3.63) is 0 Å². The molecular weight excluding hydrogens is 192 g/mol. The third kappa shape index (κ3) is 3.78. The summed E-state index contributed by atoms with van der Waals surface area (Å²) in [6, 6.07) is 0.167. The lowest BCUT2D eigenvalue weighted by atomic mass is 9.79.